The van der Waals surface area contributed by atoms with E-state index in [1.807, 2.05) is 36.2 Å². The summed E-state index contributed by atoms with van der Waals surface area (Å²) >= 11 is 0. The predicted octanol–water partition coefficient (Wildman–Crippen LogP) is 1.38. The van der Waals surface area contributed by atoms with Crippen molar-refractivity contribution in [2.45, 2.75) is 12.8 Å². The maximum atomic E-state index is 12.6. The van der Waals surface area contributed by atoms with Crippen LogP contribution in [0.15, 0.2) is 24.3 Å². The van der Waals surface area contributed by atoms with Crippen LogP contribution in [0.25, 0.3) is 10.9 Å². The van der Waals surface area contributed by atoms with Gasteiger partial charge in [-0.1, -0.05) is 18.2 Å². The summed E-state index contributed by atoms with van der Waals surface area (Å²) in [4.78, 5) is 14.5. The van der Waals surface area contributed by atoms with Crippen LogP contribution in [0.4, 0.5) is 0 Å². The van der Waals surface area contributed by atoms with E-state index in [-0.39, 0.29) is 5.91 Å². The third kappa shape index (κ3) is 2.18. The molecule has 20 heavy (non-hydrogen) atoms. The lowest BCUT2D eigenvalue weighted by Crippen LogP contribution is -2.40. The molecule has 5 nitrogen and oxygen atoms in total. The van der Waals surface area contributed by atoms with Gasteiger partial charge in [0.05, 0.1) is 5.52 Å². The average molecular weight is 272 g/mol. The van der Waals surface area contributed by atoms with E-state index in [2.05, 4.69) is 5.10 Å². The number of hydrogen-bond acceptors (Lipinski definition) is 3. The van der Waals surface area contributed by atoms with Gasteiger partial charge in [-0.2, -0.15) is 5.10 Å². The standard InChI is InChI=1S/C15H20N4O/c1-18-13-5-3-2-4-12(13)14(17-18)15(20)19-8-6-11(10-16)7-9-19/h2-5,11H,6-10,16H2,1H3. The van der Waals surface area contributed by atoms with Crippen molar-refractivity contribution in [3.05, 3.63) is 30.0 Å². The Hall–Kier alpha value is -1.88. The van der Waals surface area contributed by atoms with Crippen molar-refractivity contribution in [1.82, 2.24) is 14.7 Å². The van der Waals surface area contributed by atoms with Gasteiger partial charge in [-0.05, 0) is 31.4 Å². The van der Waals surface area contributed by atoms with Crippen molar-refractivity contribution in [1.29, 1.82) is 0 Å². The van der Waals surface area contributed by atoms with E-state index in [0.29, 0.717) is 18.2 Å². The number of para-hydroxylation sites is 1. The molecule has 0 spiro atoms. The van der Waals surface area contributed by atoms with Gasteiger partial charge in [0.1, 0.15) is 0 Å². The molecule has 0 atom stereocenters. The molecule has 0 aliphatic carbocycles. The van der Waals surface area contributed by atoms with Crippen LogP contribution >= 0.6 is 0 Å². The number of hydrogen-bond donors (Lipinski definition) is 1. The Kier molecular flexibility index (Phi) is 3.44. The molecule has 1 aromatic carbocycles. The molecule has 0 radical (unpaired) electrons. The Labute approximate surface area is 118 Å². The largest absolute Gasteiger partial charge is 0.337 e. The molecule has 1 aliphatic rings. The first-order chi connectivity index (χ1) is 9.70. The van der Waals surface area contributed by atoms with Gasteiger partial charge in [-0.3, -0.25) is 9.48 Å². The fourth-order valence-corrected chi connectivity index (χ4v) is 2.89. The summed E-state index contributed by atoms with van der Waals surface area (Å²) in [5, 5.41) is 5.34. The van der Waals surface area contributed by atoms with Gasteiger partial charge in [-0.25, -0.2) is 0 Å². The Balaban J connectivity index is 1.86. The highest BCUT2D eigenvalue weighted by Crippen LogP contribution is 2.22. The second-order valence-electron chi connectivity index (χ2n) is 5.46. The second-order valence-corrected chi connectivity index (χ2v) is 5.46. The van der Waals surface area contributed by atoms with Crippen molar-refractivity contribution in [3.63, 3.8) is 0 Å². The third-order valence-electron chi connectivity index (χ3n) is 4.20. The van der Waals surface area contributed by atoms with Gasteiger partial charge in [0.15, 0.2) is 5.69 Å². The lowest BCUT2D eigenvalue weighted by molar-refractivity contribution is 0.0688. The number of nitrogens with two attached hydrogens (primary N) is 1. The van der Waals surface area contributed by atoms with Gasteiger partial charge in [-0.15, -0.1) is 0 Å². The molecule has 1 amide bonds. The van der Waals surface area contributed by atoms with Crippen LogP contribution in [0.1, 0.15) is 23.3 Å². The fourth-order valence-electron chi connectivity index (χ4n) is 2.89. The average Bonchev–Trinajstić information content (AvgIpc) is 2.84. The zero-order valence-electron chi connectivity index (χ0n) is 11.7. The van der Waals surface area contributed by atoms with Crippen LogP contribution in [0.2, 0.25) is 0 Å². The predicted molar refractivity (Wildman–Crippen MR) is 78.4 cm³/mol. The fraction of sp³-hybridized carbons (Fsp3) is 0.467. The van der Waals surface area contributed by atoms with E-state index >= 15 is 0 Å². The molecule has 1 aromatic heterocycles. The van der Waals surface area contributed by atoms with E-state index < -0.39 is 0 Å². The van der Waals surface area contributed by atoms with Crippen molar-refractivity contribution >= 4 is 16.8 Å². The lowest BCUT2D eigenvalue weighted by atomic mass is 9.97. The van der Waals surface area contributed by atoms with E-state index in [9.17, 15) is 4.79 Å². The number of amides is 1. The molecule has 5 heteroatoms. The number of aromatic nitrogens is 2. The lowest BCUT2D eigenvalue weighted by Gasteiger charge is -2.30. The summed E-state index contributed by atoms with van der Waals surface area (Å²) in [5.41, 5.74) is 7.25. The zero-order chi connectivity index (χ0) is 14.1. The van der Waals surface area contributed by atoms with Gasteiger partial charge in [0.25, 0.3) is 5.91 Å². The van der Waals surface area contributed by atoms with Gasteiger partial charge >= 0.3 is 0 Å². The molecule has 106 valence electrons. The van der Waals surface area contributed by atoms with Crippen LogP contribution in [0, 0.1) is 5.92 Å². The maximum Gasteiger partial charge on any atom is 0.275 e. The van der Waals surface area contributed by atoms with Gasteiger partial charge in [0, 0.05) is 25.5 Å². The SMILES string of the molecule is Cn1nc(C(=O)N2CCC(CN)CC2)c2ccccc21. The molecular weight excluding hydrogens is 252 g/mol. The van der Waals surface area contributed by atoms with Gasteiger partial charge < -0.3 is 10.6 Å². The van der Waals surface area contributed by atoms with Crippen LogP contribution in [-0.2, 0) is 7.05 Å². The molecular formula is C15H20N4O. The Morgan fingerprint density at radius 2 is 2.05 bits per heavy atom. The summed E-state index contributed by atoms with van der Waals surface area (Å²) in [6, 6.07) is 7.86. The van der Waals surface area contributed by atoms with Crippen molar-refractivity contribution in [3.8, 4) is 0 Å². The number of benzene rings is 1. The topological polar surface area (TPSA) is 64.2 Å². The summed E-state index contributed by atoms with van der Waals surface area (Å²) < 4.78 is 1.77. The number of piperidine rings is 1. The number of nitrogens with zero attached hydrogens (tertiary/aromatic N) is 3. The Bertz CT molecular complexity index is 626. The smallest absolute Gasteiger partial charge is 0.275 e. The number of aryl methyl sites for hydroxylation is 1. The molecule has 2 heterocycles. The molecule has 1 aliphatic heterocycles. The molecule has 0 bridgehead atoms. The van der Waals surface area contributed by atoms with E-state index in [1.54, 1.807) is 4.68 Å². The minimum absolute atomic E-state index is 0.0391. The number of carbonyl (C=O) groups excluding carboxylic acids is 1. The number of likely N-dealkylation sites (tertiary alicyclic amines) is 1. The normalized spacial score (nSPS) is 16.8. The van der Waals surface area contributed by atoms with Crippen LogP contribution < -0.4 is 5.73 Å². The van der Waals surface area contributed by atoms with Gasteiger partial charge in [0.2, 0.25) is 0 Å². The number of rotatable bonds is 2. The minimum Gasteiger partial charge on any atom is -0.337 e. The highest BCUT2D eigenvalue weighted by atomic mass is 16.2. The van der Waals surface area contributed by atoms with Crippen LogP contribution in [-0.4, -0.2) is 40.2 Å². The first-order valence-electron chi connectivity index (χ1n) is 7.11. The monoisotopic (exact) mass is 272 g/mol. The van der Waals surface area contributed by atoms with Crippen molar-refractivity contribution < 1.29 is 4.79 Å². The highest BCUT2D eigenvalue weighted by molar-refractivity contribution is 6.04. The highest BCUT2D eigenvalue weighted by Gasteiger charge is 2.26. The van der Waals surface area contributed by atoms with Crippen LogP contribution in [0.5, 0.6) is 0 Å². The summed E-state index contributed by atoms with van der Waals surface area (Å²) in [6.07, 6.45) is 1.99. The molecule has 0 saturated carbocycles. The van der Waals surface area contributed by atoms with E-state index in [1.165, 1.54) is 0 Å². The molecule has 3 rings (SSSR count). The van der Waals surface area contributed by atoms with E-state index in [4.69, 9.17) is 5.73 Å². The van der Waals surface area contributed by atoms with Crippen LogP contribution in [0.3, 0.4) is 0 Å². The quantitative estimate of drug-likeness (QED) is 0.898. The van der Waals surface area contributed by atoms with E-state index in [0.717, 1.165) is 36.8 Å². The summed E-state index contributed by atoms with van der Waals surface area (Å²) in [6.45, 7) is 2.28. The molecule has 2 N–H and O–H groups in total. The minimum atomic E-state index is 0.0391. The summed E-state index contributed by atoms with van der Waals surface area (Å²) in [5.74, 6) is 0.594. The second kappa shape index (κ2) is 5.25. The molecule has 2 aromatic rings. The molecule has 1 fully saturated rings. The maximum absolute atomic E-state index is 12.6. The zero-order valence-corrected chi connectivity index (χ0v) is 11.7. The number of fused-ring (bicyclic) bond motifs is 1. The first-order valence-corrected chi connectivity index (χ1v) is 7.11. The number of carbonyl (C=O) groups is 1. The third-order valence-corrected chi connectivity index (χ3v) is 4.20. The molecule has 1 saturated heterocycles. The molecule has 0 unspecified atom stereocenters. The Morgan fingerprint density at radius 3 is 2.75 bits per heavy atom. The first kappa shape index (κ1) is 13.1. The summed E-state index contributed by atoms with van der Waals surface area (Å²) in [7, 11) is 1.87. The van der Waals surface area contributed by atoms with Crippen molar-refractivity contribution in [2.75, 3.05) is 19.6 Å². The van der Waals surface area contributed by atoms with Crippen molar-refractivity contribution in [2.24, 2.45) is 18.7 Å². The Morgan fingerprint density at radius 1 is 1.35 bits per heavy atom.